The van der Waals surface area contributed by atoms with E-state index < -0.39 is 17.2 Å². The largest absolute Gasteiger partial charge is 0.310 e. The highest BCUT2D eigenvalue weighted by Gasteiger charge is 2.37. The minimum Gasteiger partial charge on any atom is -0.310 e. The highest BCUT2D eigenvalue weighted by Crippen LogP contribution is 2.28. The highest BCUT2D eigenvalue weighted by atomic mass is 16.2. The Balaban J connectivity index is 1.92. The van der Waals surface area contributed by atoms with Crippen LogP contribution in [0.25, 0.3) is 0 Å². The molecule has 2 heterocycles. The van der Waals surface area contributed by atoms with Gasteiger partial charge in [0, 0.05) is 5.41 Å². The molecule has 6 heteroatoms. The lowest BCUT2D eigenvalue weighted by Gasteiger charge is -2.18. The van der Waals surface area contributed by atoms with Crippen molar-refractivity contribution in [2.75, 3.05) is 10.2 Å². The molecule has 24 heavy (non-hydrogen) atoms. The Bertz CT molecular complexity index is 818. The second kappa shape index (κ2) is 5.56. The number of rotatable bonds is 2. The maximum absolute atomic E-state index is 12.5. The third-order valence-electron chi connectivity index (χ3n) is 3.68. The van der Waals surface area contributed by atoms with Crippen molar-refractivity contribution in [2.24, 2.45) is 5.41 Å². The zero-order valence-corrected chi connectivity index (χ0v) is 13.7. The summed E-state index contributed by atoms with van der Waals surface area (Å²) in [5.74, 6) is -0.545. The standard InChI is InChI=1S/C18H17N3O3/c1-18(2,3)17(24)20-13-9-6-10-14(19-13)21-15(22)11-7-4-5-8-12(11)16(21)23/h4-10H,1-3H3,(H,19,20,24). The van der Waals surface area contributed by atoms with Crippen molar-refractivity contribution in [3.05, 3.63) is 53.6 Å². The number of amides is 3. The van der Waals surface area contributed by atoms with Crippen LogP contribution in [0.4, 0.5) is 11.6 Å². The number of fused-ring (bicyclic) bond motifs is 1. The van der Waals surface area contributed by atoms with Gasteiger partial charge in [-0.25, -0.2) is 9.88 Å². The quantitative estimate of drug-likeness (QED) is 0.862. The number of anilines is 2. The lowest BCUT2D eigenvalue weighted by atomic mass is 9.96. The molecular weight excluding hydrogens is 306 g/mol. The molecule has 0 radical (unpaired) electrons. The Kier molecular flexibility index (Phi) is 3.67. The van der Waals surface area contributed by atoms with Crippen LogP contribution in [0.3, 0.4) is 0 Å². The molecule has 0 fully saturated rings. The van der Waals surface area contributed by atoms with E-state index in [0.717, 1.165) is 4.90 Å². The summed E-state index contributed by atoms with van der Waals surface area (Å²) in [4.78, 5) is 42.3. The molecule has 0 unspecified atom stereocenters. The maximum Gasteiger partial charge on any atom is 0.267 e. The molecule has 1 aliphatic rings. The van der Waals surface area contributed by atoms with Gasteiger partial charge in [-0.15, -0.1) is 0 Å². The average Bonchev–Trinajstić information content (AvgIpc) is 2.79. The first-order valence-electron chi connectivity index (χ1n) is 7.55. The third kappa shape index (κ3) is 2.67. The number of carbonyl (C=O) groups excluding carboxylic acids is 3. The molecule has 2 aromatic rings. The molecule has 1 aliphatic heterocycles. The predicted molar refractivity (Wildman–Crippen MR) is 89.9 cm³/mol. The first-order valence-corrected chi connectivity index (χ1v) is 7.55. The average molecular weight is 323 g/mol. The lowest BCUT2D eigenvalue weighted by molar-refractivity contribution is -0.123. The van der Waals surface area contributed by atoms with Gasteiger partial charge in [0.25, 0.3) is 11.8 Å². The van der Waals surface area contributed by atoms with Crippen LogP contribution in [0.1, 0.15) is 41.5 Å². The van der Waals surface area contributed by atoms with Crippen molar-refractivity contribution in [2.45, 2.75) is 20.8 Å². The van der Waals surface area contributed by atoms with E-state index in [4.69, 9.17) is 0 Å². The molecule has 1 N–H and O–H groups in total. The molecule has 0 atom stereocenters. The number of aromatic nitrogens is 1. The second-order valence-corrected chi connectivity index (χ2v) is 6.58. The van der Waals surface area contributed by atoms with Gasteiger partial charge in [-0.2, -0.15) is 0 Å². The van der Waals surface area contributed by atoms with E-state index in [2.05, 4.69) is 10.3 Å². The number of hydrogen-bond acceptors (Lipinski definition) is 4. The molecule has 1 aromatic carbocycles. The summed E-state index contributed by atoms with van der Waals surface area (Å²) in [5, 5.41) is 2.70. The number of nitrogens with one attached hydrogen (secondary N) is 1. The second-order valence-electron chi connectivity index (χ2n) is 6.58. The molecule has 0 bridgehead atoms. The molecule has 6 nitrogen and oxygen atoms in total. The summed E-state index contributed by atoms with van der Waals surface area (Å²) in [6, 6.07) is 11.5. The SMILES string of the molecule is CC(C)(C)C(=O)Nc1cccc(N2C(=O)c3ccccc3C2=O)n1. The first-order chi connectivity index (χ1) is 11.3. The summed E-state index contributed by atoms with van der Waals surface area (Å²) in [5.41, 5.74) is 0.134. The molecule has 0 saturated heterocycles. The highest BCUT2D eigenvalue weighted by molar-refractivity contribution is 6.34. The van der Waals surface area contributed by atoms with Gasteiger partial charge in [-0.3, -0.25) is 14.4 Å². The Morgan fingerprint density at radius 1 is 0.958 bits per heavy atom. The molecule has 3 rings (SSSR count). The number of benzene rings is 1. The predicted octanol–water partition coefficient (Wildman–Crippen LogP) is 2.87. The van der Waals surface area contributed by atoms with Crippen molar-refractivity contribution in [1.29, 1.82) is 0 Å². The molecular formula is C18H17N3O3. The van der Waals surface area contributed by atoms with Crippen LogP contribution in [0.15, 0.2) is 42.5 Å². The van der Waals surface area contributed by atoms with Crippen LogP contribution < -0.4 is 10.2 Å². The zero-order valence-electron chi connectivity index (χ0n) is 13.7. The van der Waals surface area contributed by atoms with Crippen molar-refractivity contribution in [1.82, 2.24) is 4.98 Å². The Labute approximate surface area is 139 Å². The summed E-state index contributed by atoms with van der Waals surface area (Å²) >= 11 is 0. The smallest absolute Gasteiger partial charge is 0.267 e. The summed E-state index contributed by atoms with van der Waals surface area (Å²) < 4.78 is 0. The van der Waals surface area contributed by atoms with Gasteiger partial charge in [0.15, 0.2) is 0 Å². The van der Waals surface area contributed by atoms with Crippen LogP contribution in [0.2, 0.25) is 0 Å². The lowest BCUT2D eigenvalue weighted by Crippen LogP contribution is -2.31. The number of imide groups is 1. The maximum atomic E-state index is 12.5. The fraction of sp³-hybridized carbons (Fsp3) is 0.222. The van der Waals surface area contributed by atoms with Gasteiger partial charge in [-0.1, -0.05) is 39.0 Å². The van der Waals surface area contributed by atoms with Crippen LogP contribution in [-0.2, 0) is 4.79 Å². The Morgan fingerprint density at radius 2 is 1.54 bits per heavy atom. The van der Waals surface area contributed by atoms with E-state index in [9.17, 15) is 14.4 Å². The third-order valence-corrected chi connectivity index (χ3v) is 3.68. The number of carbonyl (C=O) groups is 3. The summed E-state index contributed by atoms with van der Waals surface area (Å²) in [6.07, 6.45) is 0. The van der Waals surface area contributed by atoms with Gasteiger partial charge >= 0.3 is 0 Å². The fourth-order valence-corrected chi connectivity index (χ4v) is 2.32. The summed E-state index contributed by atoms with van der Waals surface area (Å²) in [7, 11) is 0. The van der Waals surface area contributed by atoms with Crippen LogP contribution in [0.5, 0.6) is 0 Å². The number of hydrogen-bond donors (Lipinski definition) is 1. The van der Waals surface area contributed by atoms with Crippen LogP contribution in [-0.4, -0.2) is 22.7 Å². The van der Waals surface area contributed by atoms with Crippen molar-refractivity contribution in [3.63, 3.8) is 0 Å². The molecule has 0 saturated carbocycles. The van der Waals surface area contributed by atoms with E-state index >= 15 is 0 Å². The fourth-order valence-electron chi connectivity index (χ4n) is 2.32. The first kappa shape index (κ1) is 15.9. The normalized spacial score (nSPS) is 13.9. The van der Waals surface area contributed by atoms with Crippen molar-refractivity contribution < 1.29 is 14.4 Å². The van der Waals surface area contributed by atoms with Gasteiger partial charge in [0.1, 0.15) is 11.6 Å². The molecule has 0 spiro atoms. The van der Waals surface area contributed by atoms with E-state index in [1.807, 2.05) is 0 Å². The van der Waals surface area contributed by atoms with E-state index in [0.29, 0.717) is 16.9 Å². The van der Waals surface area contributed by atoms with Gasteiger partial charge < -0.3 is 5.32 Å². The molecule has 1 aromatic heterocycles. The Morgan fingerprint density at radius 3 is 2.08 bits per heavy atom. The van der Waals surface area contributed by atoms with Crippen molar-refractivity contribution in [3.8, 4) is 0 Å². The zero-order chi connectivity index (χ0) is 17.5. The minimum atomic E-state index is -0.576. The summed E-state index contributed by atoms with van der Waals surface area (Å²) in [6.45, 7) is 5.36. The number of pyridine rings is 1. The topological polar surface area (TPSA) is 79.4 Å². The van der Waals surface area contributed by atoms with E-state index in [1.165, 1.54) is 0 Å². The Hall–Kier alpha value is -3.02. The van der Waals surface area contributed by atoms with Gasteiger partial charge in [0.05, 0.1) is 11.1 Å². The molecule has 0 aliphatic carbocycles. The van der Waals surface area contributed by atoms with E-state index in [1.54, 1.807) is 63.2 Å². The van der Waals surface area contributed by atoms with E-state index in [-0.39, 0.29) is 11.7 Å². The van der Waals surface area contributed by atoms with Crippen LogP contribution >= 0.6 is 0 Å². The molecule has 122 valence electrons. The monoisotopic (exact) mass is 323 g/mol. The van der Waals surface area contributed by atoms with Crippen molar-refractivity contribution >= 4 is 29.4 Å². The minimum absolute atomic E-state index is 0.188. The van der Waals surface area contributed by atoms with Crippen LogP contribution in [0, 0.1) is 5.41 Å². The van der Waals surface area contributed by atoms with Gasteiger partial charge in [0.2, 0.25) is 5.91 Å². The number of nitrogens with zero attached hydrogens (tertiary/aromatic N) is 2. The van der Waals surface area contributed by atoms with Gasteiger partial charge in [-0.05, 0) is 24.3 Å². The molecule has 3 amide bonds.